The summed E-state index contributed by atoms with van der Waals surface area (Å²) < 4.78 is 42.1. The molecule has 30 heavy (non-hydrogen) atoms. The van der Waals surface area contributed by atoms with Crippen LogP contribution in [0.15, 0.2) is 54.6 Å². The molecule has 2 aromatic heterocycles. The van der Waals surface area contributed by atoms with Gasteiger partial charge in [-0.2, -0.15) is 18.4 Å². The molecule has 3 nitrogen and oxygen atoms in total. The van der Waals surface area contributed by atoms with Crippen LogP contribution in [-0.4, -0.2) is 9.55 Å². The van der Waals surface area contributed by atoms with Crippen molar-refractivity contribution in [3.63, 3.8) is 0 Å². The van der Waals surface area contributed by atoms with Gasteiger partial charge in [0.25, 0.3) is 0 Å². The van der Waals surface area contributed by atoms with Crippen molar-refractivity contribution in [1.82, 2.24) is 9.55 Å². The van der Waals surface area contributed by atoms with Gasteiger partial charge in [0.2, 0.25) is 0 Å². The minimum Gasteiger partial charge on any atom is -0.318 e. The lowest BCUT2D eigenvalue weighted by Gasteiger charge is -2.13. The smallest absolute Gasteiger partial charge is 0.318 e. The van der Waals surface area contributed by atoms with Crippen LogP contribution >= 0.6 is 11.3 Å². The number of thiazole rings is 1. The Morgan fingerprint density at radius 3 is 2.57 bits per heavy atom. The Morgan fingerprint density at radius 2 is 1.87 bits per heavy atom. The number of para-hydroxylation sites is 1. The predicted octanol–water partition coefficient (Wildman–Crippen LogP) is 6.79. The molecule has 0 aliphatic rings. The first-order valence-corrected chi connectivity index (χ1v) is 9.94. The largest absolute Gasteiger partial charge is 0.416 e. The Morgan fingerprint density at radius 1 is 1.10 bits per heavy atom. The molecule has 0 fully saturated rings. The van der Waals surface area contributed by atoms with Crippen LogP contribution in [0.25, 0.3) is 27.6 Å². The predicted molar refractivity (Wildman–Crippen MR) is 113 cm³/mol. The molecule has 0 spiro atoms. The molecule has 0 atom stereocenters. The minimum atomic E-state index is -4.41. The molecule has 4 aromatic rings. The quantitative estimate of drug-likeness (QED) is 0.341. The van der Waals surface area contributed by atoms with Gasteiger partial charge in [0.1, 0.15) is 11.1 Å². The van der Waals surface area contributed by atoms with Crippen LogP contribution in [0.4, 0.5) is 13.2 Å². The van der Waals surface area contributed by atoms with E-state index in [0.29, 0.717) is 16.3 Å². The number of halogens is 3. The Kier molecular flexibility index (Phi) is 4.96. The zero-order valence-electron chi connectivity index (χ0n) is 16.2. The summed E-state index contributed by atoms with van der Waals surface area (Å²) in [6.07, 6.45) is -2.67. The molecule has 7 heteroatoms. The Hall–Kier alpha value is -3.37. The van der Waals surface area contributed by atoms with Gasteiger partial charge in [0.15, 0.2) is 0 Å². The Labute approximate surface area is 175 Å². The van der Waals surface area contributed by atoms with E-state index >= 15 is 0 Å². The highest BCUT2D eigenvalue weighted by Gasteiger charge is 2.30. The summed E-state index contributed by atoms with van der Waals surface area (Å²) in [6.45, 7) is 3.65. The fourth-order valence-corrected chi connectivity index (χ4v) is 4.37. The van der Waals surface area contributed by atoms with E-state index in [0.717, 1.165) is 39.3 Å². The fraction of sp³-hybridized carbons (Fsp3) is 0.130. The van der Waals surface area contributed by atoms with Crippen molar-refractivity contribution in [2.24, 2.45) is 0 Å². The molecule has 0 amide bonds. The standard InChI is InChI=1S/C23H16F3N3S/c1-14-10-16(11-17(13-27)22-28-20-8-3-4-9-21(20)30-22)15(2)29(14)19-7-5-6-18(12-19)23(24,25)26/h3-12H,1-2H3. The summed E-state index contributed by atoms with van der Waals surface area (Å²) in [5.41, 5.74) is 3.27. The van der Waals surface area contributed by atoms with E-state index in [1.807, 2.05) is 44.2 Å². The molecule has 2 heterocycles. The molecule has 0 radical (unpaired) electrons. The first-order valence-electron chi connectivity index (χ1n) is 9.12. The summed E-state index contributed by atoms with van der Waals surface area (Å²) in [6, 6.07) is 16.9. The van der Waals surface area contributed by atoms with Crippen molar-refractivity contribution in [2.45, 2.75) is 20.0 Å². The third kappa shape index (κ3) is 3.62. The number of nitrogens with zero attached hydrogens (tertiary/aromatic N) is 3. The summed E-state index contributed by atoms with van der Waals surface area (Å²) in [5.74, 6) is 0. The molecular formula is C23H16F3N3S. The van der Waals surface area contributed by atoms with E-state index < -0.39 is 11.7 Å². The summed E-state index contributed by atoms with van der Waals surface area (Å²) in [7, 11) is 0. The lowest BCUT2D eigenvalue weighted by molar-refractivity contribution is -0.137. The zero-order valence-corrected chi connectivity index (χ0v) is 17.0. The van der Waals surface area contributed by atoms with Crippen LogP contribution in [0.5, 0.6) is 0 Å². The van der Waals surface area contributed by atoms with Crippen molar-refractivity contribution in [3.8, 4) is 11.8 Å². The maximum absolute atomic E-state index is 13.1. The number of aromatic nitrogens is 2. The fourth-order valence-electron chi connectivity index (χ4n) is 3.44. The third-order valence-corrected chi connectivity index (χ3v) is 5.92. The molecule has 4 rings (SSSR count). The molecule has 0 saturated carbocycles. The third-order valence-electron chi connectivity index (χ3n) is 4.85. The van der Waals surface area contributed by atoms with Crippen LogP contribution in [0.3, 0.4) is 0 Å². The second-order valence-electron chi connectivity index (χ2n) is 6.87. The molecule has 0 saturated heterocycles. The van der Waals surface area contributed by atoms with E-state index in [2.05, 4.69) is 11.1 Å². The lowest BCUT2D eigenvalue weighted by atomic mass is 10.1. The van der Waals surface area contributed by atoms with Crippen LogP contribution in [-0.2, 0) is 6.18 Å². The highest BCUT2D eigenvalue weighted by molar-refractivity contribution is 7.19. The van der Waals surface area contributed by atoms with Gasteiger partial charge in [-0.15, -0.1) is 11.3 Å². The number of rotatable bonds is 3. The van der Waals surface area contributed by atoms with Crippen molar-refractivity contribution in [2.75, 3.05) is 0 Å². The molecule has 0 N–H and O–H groups in total. The summed E-state index contributed by atoms with van der Waals surface area (Å²) in [4.78, 5) is 4.53. The second kappa shape index (κ2) is 7.47. The molecular weight excluding hydrogens is 407 g/mol. The average Bonchev–Trinajstić information content (AvgIpc) is 3.26. The second-order valence-corrected chi connectivity index (χ2v) is 7.90. The normalized spacial score (nSPS) is 12.3. The first kappa shape index (κ1) is 19.9. The van der Waals surface area contributed by atoms with Crippen molar-refractivity contribution in [1.29, 1.82) is 5.26 Å². The van der Waals surface area contributed by atoms with Gasteiger partial charge in [-0.05, 0) is 61.9 Å². The number of alkyl halides is 3. The summed E-state index contributed by atoms with van der Waals surface area (Å²) in [5, 5.41) is 10.3. The van der Waals surface area contributed by atoms with E-state index in [-0.39, 0.29) is 0 Å². The van der Waals surface area contributed by atoms with E-state index in [1.165, 1.54) is 17.4 Å². The van der Waals surface area contributed by atoms with Crippen molar-refractivity contribution in [3.05, 3.63) is 82.1 Å². The molecule has 0 unspecified atom stereocenters. The number of benzene rings is 2. The van der Waals surface area contributed by atoms with E-state index in [9.17, 15) is 18.4 Å². The SMILES string of the molecule is Cc1cc(C=C(C#N)c2nc3ccccc3s2)c(C)n1-c1cccc(C(F)(F)F)c1. The van der Waals surface area contributed by atoms with Crippen LogP contribution in [0.2, 0.25) is 0 Å². The minimum absolute atomic E-state index is 0.417. The van der Waals surface area contributed by atoms with Gasteiger partial charge in [0.05, 0.1) is 21.4 Å². The topological polar surface area (TPSA) is 41.6 Å². The molecule has 0 bridgehead atoms. The number of nitriles is 1. The molecule has 2 aromatic carbocycles. The van der Waals surface area contributed by atoms with Crippen molar-refractivity contribution < 1.29 is 13.2 Å². The molecule has 0 aliphatic carbocycles. The molecule has 150 valence electrons. The van der Waals surface area contributed by atoms with Crippen LogP contribution < -0.4 is 0 Å². The maximum Gasteiger partial charge on any atom is 0.416 e. The first-order chi connectivity index (χ1) is 14.3. The monoisotopic (exact) mass is 423 g/mol. The van der Waals surface area contributed by atoms with Gasteiger partial charge in [0, 0.05) is 17.1 Å². The highest BCUT2D eigenvalue weighted by atomic mass is 32.1. The van der Waals surface area contributed by atoms with Crippen LogP contribution in [0.1, 0.15) is 27.5 Å². The van der Waals surface area contributed by atoms with Gasteiger partial charge < -0.3 is 4.57 Å². The zero-order chi connectivity index (χ0) is 21.5. The van der Waals surface area contributed by atoms with Gasteiger partial charge in [-0.3, -0.25) is 0 Å². The number of aryl methyl sites for hydroxylation is 1. The van der Waals surface area contributed by atoms with E-state index in [1.54, 1.807) is 16.7 Å². The summed E-state index contributed by atoms with van der Waals surface area (Å²) >= 11 is 1.43. The van der Waals surface area contributed by atoms with Crippen LogP contribution in [0, 0.1) is 25.2 Å². The number of hydrogen-bond acceptors (Lipinski definition) is 3. The average molecular weight is 423 g/mol. The lowest BCUT2D eigenvalue weighted by Crippen LogP contribution is -2.07. The van der Waals surface area contributed by atoms with Gasteiger partial charge >= 0.3 is 6.18 Å². The highest BCUT2D eigenvalue weighted by Crippen LogP contribution is 2.33. The maximum atomic E-state index is 13.1. The number of hydrogen-bond donors (Lipinski definition) is 0. The Bertz CT molecular complexity index is 1290. The van der Waals surface area contributed by atoms with Crippen molar-refractivity contribution >= 4 is 33.2 Å². The van der Waals surface area contributed by atoms with Gasteiger partial charge in [-0.1, -0.05) is 18.2 Å². The number of allylic oxidation sites excluding steroid dienone is 1. The van der Waals surface area contributed by atoms with Gasteiger partial charge in [-0.25, -0.2) is 4.98 Å². The Balaban J connectivity index is 1.79. The van der Waals surface area contributed by atoms with E-state index in [4.69, 9.17) is 0 Å². The molecule has 0 aliphatic heterocycles. The number of fused-ring (bicyclic) bond motifs is 1.